The molecule has 0 fully saturated rings. The van der Waals surface area contributed by atoms with Crippen LogP contribution in [0.25, 0.3) is 0 Å². The fraction of sp³-hybridized carbons (Fsp3) is 0.867. The van der Waals surface area contributed by atoms with Crippen LogP contribution in [0.5, 0.6) is 0 Å². The van der Waals surface area contributed by atoms with Gasteiger partial charge in [-0.3, -0.25) is 4.55 Å². The summed E-state index contributed by atoms with van der Waals surface area (Å²) in [6, 6.07) is 0. The first-order valence-electron chi connectivity index (χ1n) is 7.82. The predicted octanol–water partition coefficient (Wildman–Crippen LogP) is 0.909. The van der Waals surface area contributed by atoms with Crippen molar-refractivity contribution in [2.75, 3.05) is 5.75 Å². The third kappa shape index (κ3) is 28.6. The third-order valence-corrected chi connectivity index (χ3v) is 3.77. The maximum Gasteiger partial charge on any atom is 1.00 e. The number of hydrogen-bond acceptors (Lipinski definition) is 4. The maximum atomic E-state index is 10.7. The van der Waals surface area contributed by atoms with Gasteiger partial charge in [-0.2, -0.15) is 8.42 Å². The Hall–Kier alpha value is 0.410. The standard InChI is InChI=1S/C13H25O2.C2H6O3S.Na/c1-2-3-4-5-6-7-8-9-10-11-13(15)12-14;1-2-6(3,4)5;/h12,14H,2-11H2,1H3;2H2,1H3,(H,3,4,5);/q-1;;+1. The van der Waals surface area contributed by atoms with E-state index in [0.717, 1.165) is 12.8 Å². The van der Waals surface area contributed by atoms with Crippen LogP contribution in [0.4, 0.5) is 0 Å². The van der Waals surface area contributed by atoms with Crippen LogP contribution in [0, 0.1) is 6.61 Å². The molecule has 2 N–H and O–H groups in total. The van der Waals surface area contributed by atoms with Gasteiger partial charge in [0.15, 0.2) is 0 Å². The van der Waals surface area contributed by atoms with Gasteiger partial charge in [-0.15, -0.1) is 0 Å². The molecule has 7 heteroatoms. The number of hydrogen-bond donors (Lipinski definition) is 2. The van der Waals surface area contributed by atoms with Crippen molar-refractivity contribution in [3.05, 3.63) is 6.61 Å². The largest absolute Gasteiger partial charge is 1.00 e. The number of aliphatic hydroxyl groups is 1. The van der Waals surface area contributed by atoms with E-state index < -0.39 is 10.1 Å². The summed E-state index contributed by atoms with van der Waals surface area (Å²) in [6.07, 6.45) is 11.8. The summed E-state index contributed by atoms with van der Waals surface area (Å²) in [6.45, 7) is 4.29. The Morgan fingerprint density at radius 1 is 0.909 bits per heavy atom. The fourth-order valence-corrected chi connectivity index (χ4v) is 1.67. The van der Waals surface area contributed by atoms with E-state index in [0.29, 0.717) is 13.0 Å². The van der Waals surface area contributed by atoms with E-state index in [1.54, 1.807) is 0 Å². The molecule has 0 aliphatic carbocycles. The molecule has 0 bridgehead atoms. The summed E-state index contributed by atoms with van der Waals surface area (Å²) < 4.78 is 26.9. The first kappa shape index (κ1) is 27.3. The summed E-state index contributed by atoms with van der Waals surface area (Å²) in [4.78, 5) is 10.7. The van der Waals surface area contributed by atoms with Crippen molar-refractivity contribution in [3.63, 3.8) is 0 Å². The molecule has 0 spiro atoms. The monoisotopic (exact) mass is 346 g/mol. The van der Waals surface area contributed by atoms with E-state index >= 15 is 0 Å². The summed E-state index contributed by atoms with van der Waals surface area (Å²) in [5, 5.41) is 8.38. The van der Waals surface area contributed by atoms with E-state index in [1.807, 2.05) is 0 Å². The zero-order valence-electron chi connectivity index (χ0n) is 14.4. The first-order valence-corrected chi connectivity index (χ1v) is 9.43. The third-order valence-electron chi connectivity index (χ3n) is 3.04. The van der Waals surface area contributed by atoms with Crippen LogP contribution in [0.15, 0.2) is 0 Å². The van der Waals surface area contributed by atoms with Crippen molar-refractivity contribution in [1.82, 2.24) is 0 Å². The Bertz CT molecular complexity index is 331. The van der Waals surface area contributed by atoms with Crippen LogP contribution in [0.2, 0.25) is 0 Å². The molecule has 0 aromatic heterocycles. The minimum atomic E-state index is -3.66. The quantitative estimate of drug-likeness (QED) is 0.237. The topological polar surface area (TPSA) is 91.7 Å². The first-order chi connectivity index (χ1) is 9.87. The van der Waals surface area contributed by atoms with E-state index in [9.17, 15) is 13.2 Å². The Morgan fingerprint density at radius 3 is 1.59 bits per heavy atom. The molecule has 0 aromatic rings. The predicted molar refractivity (Wildman–Crippen MR) is 85.2 cm³/mol. The summed E-state index contributed by atoms with van der Waals surface area (Å²) in [5.41, 5.74) is 0. The van der Waals surface area contributed by atoms with Crippen LogP contribution in [0.1, 0.15) is 78.1 Å². The van der Waals surface area contributed by atoms with E-state index in [2.05, 4.69) is 6.92 Å². The second kappa shape index (κ2) is 19.5. The fourth-order valence-electron chi connectivity index (χ4n) is 1.67. The molecule has 0 aliphatic heterocycles. The second-order valence-electron chi connectivity index (χ2n) is 5.04. The van der Waals surface area contributed by atoms with Gasteiger partial charge >= 0.3 is 29.6 Å². The van der Waals surface area contributed by atoms with Gasteiger partial charge < -0.3 is 9.90 Å². The number of aliphatic hydroxyl groups excluding tert-OH is 1. The van der Waals surface area contributed by atoms with Crippen molar-refractivity contribution in [3.8, 4) is 0 Å². The summed E-state index contributed by atoms with van der Waals surface area (Å²) >= 11 is 0. The number of Topliss-reactive ketones (excluding diaryl/α,β-unsaturated/α-hetero) is 1. The van der Waals surface area contributed by atoms with Crippen LogP contribution in [0.3, 0.4) is 0 Å². The molecule has 0 rings (SSSR count). The normalized spacial score (nSPS) is 10.2. The Labute approximate surface area is 158 Å². The zero-order chi connectivity index (χ0) is 16.6. The van der Waals surface area contributed by atoms with Crippen LogP contribution < -0.4 is 29.6 Å². The van der Waals surface area contributed by atoms with Crippen molar-refractivity contribution in [1.29, 1.82) is 0 Å². The Balaban J connectivity index is -0.000000439. The van der Waals surface area contributed by atoms with Gasteiger partial charge in [0.2, 0.25) is 0 Å². The molecular formula is C15H31NaO5S. The number of carbonyl (C=O) groups is 1. The second-order valence-corrected chi connectivity index (χ2v) is 6.79. The van der Waals surface area contributed by atoms with Crippen molar-refractivity contribution in [2.24, 2.45) is 0 Å². The maximum absolute atomic E-state index is 10.7. The van der Waals surface area contributed by atoms with Gasteiger partial charge in [-0.05, 0) is 19.8 Å². The number of carbonyl (C=O) groups excluding carboxylic acids is 1. The SMILES string of the molecule is CCCCCCCCCCCC(=O)[CH-]O.CCS(=O)(=O)O.[Na+]. The van der Waals surface area contributed by atoms with Crippen molar-refractivity contribution < 1.29 is 52.4 Å². The molecular weight excluding hydrogens is 315 g/mol. The molecule has 0 unspecified atom stereocenters. The van der Waals surface area contributed by atoms with E-state index in [-0.39, 0.29) is 41.1 Å². The van der Waals surface area contributed by atoms with Gasteiger partial charge in [-0.25, -0.2) is 6.61 Å². The van der Waals surface area contributed by atoms with Gasteiger partial charge in [0, 0.05) is 5.78 Å². The Morgan fingerprint density at radius 2 is 1.27 bits per heavy atom. The number of ketones is 1. The molecule has 0 atom stereocenters. The molecule has 0 heterocycles. The molecule has 0 aliphatic rings. The van der Waals surface area contributed by atoms with Gasteiger partial charge in [0.1, 0.15) is 0 Å². The number of rotatable bonds is 12. The van der Waals surface area contributed by atoms with E-state index in [4.69, 9.17) is 9.66 Å². The average Bonchev–Trinajstić information content (AvgIpc) is 2.45. The molecule has 5 nitrogen and oxygen atoms in total. The molecule has 0 amide bonds. The van der Waals surface area contributed by atoms with Crippen LogP contribution in [-0.2, 0) is 14.9 Å². The van der Waals surface area contributed by atoms with Gasteiger partial charge in [0.05, 0.1) is 5.75 Å². The Kier molecular flexibility index (Phi) is 24.1. The smallest absolute Gasteiger partial charge is 0.540 e. The van der Waals surface area contributed by atoms with E-state index in [1.165, 1.54) is 51.9 Å². The molecule has 0 saturated carbocycles. The van der Waals surface area contributed by atoms with Crippen LogP contribution >= 0.6 is 0 Å². The zero-order valence-corrected chi connectivity index (χ0v) is 17.2. The minimum Gasteiger partial charge on any atom is -0.540 e. The summed E-state index contributed by atoms with van der Waals surface area (Å²) in [5.74, 6) is -0.342. The molecule has 0 aromatic carbocycles. The average molecular weight is 346 g/mol. The van der Waals surface area contributed by atoms with Crippen molar-refractivity contribution >= 4 is 15.9 Å². The molecule has 0 saturated heterocycles. The molecule has 22 heavy (non-hydrogen) atoms. The molecule has 0 radical (unpaired) electrons. The minimum absolute atomic E-state index is 0. The van der Waals surface area contributed by atoms with Crippen molar-refractivity contribution in [2.45, 2.75) is 78.1 Å². The molecule has 128 valence electrons. The van der Waals surface area contributed by atoms with Crippen LogP contribution in [-0.4, -0.2) is 29.6 Å². The van der Waals surface area contributed by atoms with Gasteiger partial charge in [0.25, 0.3) is 10.1 Å². The van der Waals surface area contributed by atoms with Gasteiger partial charge in [-0.1, -0.05) is 58.3 Å². The summed E-state index contributed by atoms with van der Waals surface area (Å²) in [7, 11) is -3.66. The number of unbranched alkanes of at least 4 members (excludes halogenated alkanes) is 8.